The van der Waals surface area contributed by atoms with Gasteiger partial charge in [-0.25, -0.2) is 0 Å². The van der Waals surface area contributed by atoms with Gasteiger partial charge in [-0.3, -0.25) is 4.79 Å². The summed E-state index contributed by atoms with van der Waals surface area (Å²) in [6.07, 6.45) is 2.99. The summed E-state index contributed by atoms with van der Waals surface area (Å²) in [4.78, 5) is 13.3. The number of nitrogens with one attached hydrogen (secondary N) is 1. The zero-order valence-electron chi connectivity index (χ0n) is 11.2. The van der Waals surface area contributed by atoms with Gasteiger partial charge in [0.15, 0.2) is 5.78 Å². The first-order valence-corrected chi connectivity index (χ1v) is 7.79. The van der Waals surface area contributed by atoms with Crippen LogP contribution in [0.4, 0.5) is 0 Å². The van der Waals surface area contributed by atoms with Gasteiger partial charge in [0.25, 0.3) is 0 Å². The van der Waals surface area contributed by atoms with E-state index in [0.29, 0.717) is 12.5 Å². The normalized spacial score (nSPS) is 23.6. The number of benzene rings is 1. The molecule has 1 aromatic carbocycles. The molecule has 2 unspecified atom stereocenters. The first-order chi connectivity index (χ1) is 9.22. The lowest BCUT2D eigenvalue weighted by atomic mass is 9.91. The highest BCUT2D eigenvalue weighted by Crippen LogP contribution is 2.27. The van der Waals surface area contributed by atoms with Crippen LogP contribution in [0.1, 0.15) is 35.9 Å². The van der Waals surface area contributed by atoms with Gasteiger partial charge in [-0.05, 0) is 42.8 Å². The zero-order valence-corrected chi connectivity index (χ0v) is 12.0. The van der Waals surface area contributed by atoms with E-state index in [4.69, 9.17) is 0 Å². The third kappa shape index (κ3) is 2.88. The van der Waals surface area contributed by atoms with Crippen molar-refractivity contribution in [3.63, 3.8) is 0 Å². The Morgan fingerprint density at radius 2 is 2.26 bits per heavy atom. The number of hydrogen-bond donors (Lipinski definition) is 1. The topological polar surface area (TPSA) is 29.1 Å². The van der Waals surface area contributed by atoms with Crippen molar-refractivity contribution in [3.8, 4) is 0 Å². The Hall–Kier alpha value is -1.19. The van der Waals surface area contributed by atoms with E-state index in [1.54, 1.807) is 11.3 Å². The van der Waals surface area contributed by atoms with Gasteiger partial charge in [0.2, 0.25) is 0 Å². The lowest BCUT2D eigenvalue weighted by molar-refractivity contribution is 0.0963. The van der Waals surface area contributed by atoms with Crippen molar-refractivity contribution >= 4 is 27.2 Å². The molecule has 3 rings (SSSR count). The van der Waals surface area contributed by atoms with Gasteiger partial charge in [-0.15, -0.1) is 11.3 Å². The molecule has 0 amide bonds. The first kappa shape index (κ1) is 12.8. The van der Waals surface area contributed by atoms with E-state index in [1.807, 2.05) is 18.2 Å². The van der Waals surface area contributed by atoms with Gasteiger partial charge >= 0.3 is 0 Å². The molecular weight excluding hydrogens is 254 g/mol. The molecule has 1 aliphatic rings. The highest BCUT2D eigenvalue weighted by Gasteiger charge is 2.22. The van der Waals surface area contributed by atoms with Crippen molar-refractivity contribution in [3.05, 3.63) is 35.2 Å². The molecule has 19 heavy (non-hydrogen) atoms. The Bertz CT molecular complexity index is 556. The molecule has 1 saturated heterocycles. The quantitative estimate of drug-likeness (QED) is 0.860. The van der Waals surface area contributed by atoms with Crippen LogP contribution in [0.2, 0.25) is 0 Å². The third-order valence-electron chi connectivity index (χ3n) is 3.89. The van der Waals surface area contributed by atoms with Gasteiger partial charge in [0.1, 0.15) is 0 Å². The molecule has 0 radical (unpaired) electrons. The van der Waals surface area contributed by atoms with E-state index in [9.17, 15) is 4.79 Å². The maximum atomic E-state index is 12.4. The van der Waals surface area contributed by atoms with Gasteiger partial charge in [0.05, 0.1) is 4.88 Å². The number of piperidine rings is 1. The number of carbonyl (C=O) groups is 1. The lowest BCUT2D eigenvalue weighted by Gasteiger charge is -2.27. The molecule has 0 spiro atoms. The molecule has 0 bridgehead atoms. The van der Waals surface area contributed by atoms with E-state index in [-0.39, 0.29) is 5.78 Å². The van der Waals surface area contributed by atoms with Gasteiger partial charge < -0.3 is 5.32 Å². The predicted octanol–water partition coefficient (Wildman–Crippen LogP) is 3.86. The second-order valence-corrected chi connectivity index (χ2v) is 6.64. The van der Waals surface area contributed by atoms with Crippen LogP contribution < -0.4 is 5.32 Å². The fourth-order valence-corrected chi connectivity index (χ4v) is 3.83. The highest BCUT2D eigenvalue weighted by molar-refractivity contribution is 7.20. The Labute approximate surface area is 117 Å². The number of Topliss-reactive ketones (excluding diaryl/α,β-unsaturated/α-hetero) is 1. The number of hydrogen-bond acceptors (Lipinski definition) is 3. The monoisotopic (exact) mass is 273 g/mol. The van der Waals surface area contributed by atoms with Crippen molar-refractivity contribution in [2.45, 2.75) is 32.2 Å². The second-order valence-electron chi connectivity index (χ2n) is 5.56. The van der Waals surface area contributed by atoms with Gasteiger partial charge in [0, 0.05) is 17.2 Å². The summed E-state index contributed by atoms with van der Waals surface area (Å²) in [7, 11) is 0. The minimum absolute atomic E-state index is 0.285. The molecule has 1 N–H and O–H groups in total. The van der Waals surface area contributed by atoms with Crippen molar-refractivity contribution < 1.29 is 4.79 Å². The van der Waals surface area contributed by atoms with Crippen LogP contribution in [0, 0.1) is 5.92 Å². The minimum Gasteiger partial charge on any atom is -0.314 e. The fourth-order valence-electron chi connectivity index (χ4n) is 2.82. The van der Waals surface area contributed by atoms with E-state index < -0.39 is 0 Å². The Balaban J connectivity index is 1.72. The number of rotatable bonds is 3. The van der Waals surface area contributed by atoms with E-state index in [2.05, 4.69) is 24.4 Å². The molecule has 1 aromatic heterocycles. The molecule has 1 fully saturated rings. The number of ketones is 1. The molecule has 0 aliphatic carbocycles. The average molecular weight is 273 g/mol. The minimum atomic E-state index is 0.285. The lowest BCUT2D eigenvalue weighted by Crippen LogP contribution is -2.38. The Kier molecular flexibility index (Phi) is 3.67. The largest absolute Gasteiger partial charge is 0.314 e. The number of fused-ring (bicyclic) bond motifs is 1. The van der Waals surface area contributed by atoms with Crippen LogP contribution in [0.15, 0.2) is 30.3 Å². The summed E-state index contributed by atoms with van der Waals surface area (Å²) in [6, 6.07) is 10.6. The molecule has 100 valence electrons. The van der Waals surface area contributed by atoms with Crippen molar-refractivity contribution in [1.29, 1.82) is 0 Å². The van der Waals surface area contributed by atoms with Crippen LogP contribution in [-0.4, -0.2) is 18.4 Å². The molecule has 3 heteroatoms. The molecule has 2 atom stereocenters. The predicted molar refractivity (Wildman–Crippen MR) is 81.0 cm³/mol. The fraction of sp³-hybridized carbons (Fsp3) is 0.438. The van der Waals surface area contributed by atoms with Crippen LogP contribution in [0.3, 0.4) is 0 Å². The summed E-state index contributed by atoms with van der Waals surface area (Å²) >= 11 is 1.62. The van der Waals surface area contributed by atoms with Crippen LogP contribution in [-0.2, 0) is 0 Å². The van der Waals surface area contributed by atoms with Crippen LogP contribution in [0.25, 0.3) is 10.1 Å². The van der Waals surface area contributed by atoms with E-state index >= 15 is 0 Å². The summed E-state index contributed by atoms with van der Waals surface area (Å²) in [6.45, 7) is 3.32. The molecule has 0 saturated carbocycles. The molecule has 1 aliphatic heterocycles. The van der Waals surface area contributed by atoms with E-state index in [0.717, 1.165) is 23.8 Å². The number of carbonyl (C=O) groups excluding carboxylic acids is 1. The first-order valence-electron chi connectivity index (χ1n) is 6.97. The summed E-state index contributed by atoms with van der Waals surface area (Å²) in [5.41, 5.74) is 0. The molecule has 2 nitrogen and oxygen atoms in total. The molecular formula is C16H19NOS. The second kappa shape index (κ2) is 5.43. The van der Waals surface area contributed by atoms with Gasteiger partial charge in [-0.2, -0.15) is 0 Å². The van der Waals surface area contributed by atoms with Crippen LogP contribution in [0.5, 0.6) is 0 Å². The zero-order chi connectivity index (χ0) is 13.2. The summed E-state index contributed by atoms with van der Waals surface area (Å²) in [5, 5.41) is 4.65. The molecule has 2 heterocycles. The Morgan fingerprint density at radius 1 is 1.42 bits per heavy atom. The Morgan fingerprint density at radius 3 is 3.05 bits per heavy atom. The molecule has 2 aromatic rings. The van der Waals surface area contributed by atoms with Crippen molar-refractivity contribution in [2.24, 2.45) is 5.92 Å². The van der Waals surface area contributed by atoms with Crippen LogP contribution >= 0.6 is 11.3 Å². The van der Waals surface area contributed by atoms with E-state index in [1.165, 1.54) is 16.5 Å². The van der Waals surface area contributed by atoms with Crippen molar-refractivity contribution in [1.82, 2.24) is 5.32 Å². The standard InChI is InChI=1S/C16H19NOS/c1-11-6-7-17-13(8-11)10-14(18)16-9-12-4-2-3-5-15(12)19-16/h2-5,9,11,13,17H,6-8,10H2,1H3. The summed E-state index contributed by atoms with van der Waals surface area (Å²) in [5.74, 6) is 1.02. The smallest absolute Gasteiger partial charge is 0.174 e. The average Bonchev–Trinajstić information content (AvgIpc) is 2.82. The highest BCUT2D eigenvalue weighted by atomic mass is 32.1. The van der Waals surface area contributed by atoms with Crippen molar-refractivity contribution in [2.75, 3.05) is 6.54 Å². The maximum Gasteiger partial charge on any atom is 0.174 e. The third-order valence-corrected chi connectivity index (χ3v) is 5.05. The number of thiophene rings is 1. The summed E-state index contributed by atoms with van der Waals surface area (Å²) < 4.78 is 1.20. The maximum absolute atomic E-state index is 12.4. The van der Waals surface area contributed by atoms with Gasteiger partial charge in [-0.1, -0.05) is 25.1 Å². The SMILES string of the molecule is CC1CCNC(CC(=O)c2cc3ccccc3s2)C1.